The van der Waals surface area contributed by atoms with E-state index in [1.165, 1.54) is 38.1 Å². The van der Waals surface area contributed by atoms with Crippen LogP contribution in [0.2, 0.25) is 0 Å². The van der Waals surface area contributed by atoms with E-state index in [4.69, 9.17) is 4.42 Å². The van der Waals surface area contributed by atoms with Crippen molar-refractivity contribution in [3.05, 3.63) is 5.89 Å². The highest BCUT2D eigenvalue weighted by Crippen LogP contribution is 2.33. The minimum absolute atomic E-state index is 0.280. The number of carbonyl (C=O) groups excluding carboxylic acids is 1. The standard InChI is InChI=1S/C12H18N2O3S/c1-8(11(15)16-2)18-12-14-13-10(17-12)9-6-4-3-5-7-9/h8-9H,3-7H2,1-2H3. The largest absolute Gasteiger partial charge is 0.468 e. The molecule has 1 aliphatic rings. The molecule has 1 atom stereocenters. The predicted octanol–water partition coefficient (Wildman–Crippen LogP) is 2.77. The number of nitrogens with zero attached hydrogens (tertiary/aromatic N) is 2. The van der Waals surface area contributed by atoms with E-state index in [1.54, 1.807) is 6.92 Å². The van der Waals surface area contributed by atoms with Gasteiger partial charge in [0, 0.05) is 5.92 Å². The van der Waals surface area contributed by atoms with Crippen LogP contribution in [0.1, 0.15) is 50.8 Å². The van der Waals surface area contributed by atoms with E-state index >= 15 is 0 Å². The third-order valence-electron chi connectivity index (χ3n) is 3.19. The summed E-state index contributed by atoms with van der Waals surface area (Å²) in [5.41, 5.74) is 0. The second kappa shape index (κ2) is 6.22. The van der Waals surface area contributed by atoms with Gasteiger partial charge in [0.15, 0.2) is 0 Å². The van der Waals surface area contributed by atoms with Crippen molar-refractivity contribution >= 4 is 17.7 Å². The molecule has 18 heavy (non-hydrogen) atoms. The lowest BCUT2D eigenvalue weighted by atomic mass is 9.89. The van der Waals surface area contributed by atoms with Gasteiger partial charge in [0.25, 0.3) is 5.22 Å². The van der Waals surface area contributed by atoms with Crippen molar-refractivity contribution in [1.82, 2.24) is 10.2 Å². The number of aromatic nitrogens is 2. The minimum atomic E-state index is -0.324. The number of esters is 1. The molecule has 2 rings (SSSR count). The lowest BCUT2D eigenvalue weighted by Gasteiger charge is -2.17. The number of carbonyl (C=O) groups is 1. The molecule has 0 spiro atoms. The van der Waals surface area contributed by atoms with Crippen molar-refractivity contribution in [2.24, 2.45) is 0 Å². The summed E-state index contributed by atoms with van der Waals surface area (Å²) in [5, 5.41) is 8.20. The van der Waals surface area contributed by atoms with Crippen molar-refractivity contribution < 1.29 is 13.9 Å². The van der Waals surface area contributed by atoms with E-state index in [1.807, 2.05) is 0 Å². The Labute approximate surface area is 111 Å². The Bertz CT molecular complexity index is 402. The SMILES string of the molecule is COC(=O)C(C)Sc1nnc(C2CCCCC2)o1. The van der Waals surface area contributed by atoms with Crippen LogP contribution in [0.25, 0.3) is 0 Å². The van der Waals surface area contributed by atoms with Gasteiger partial charge in [-0.1, -0.05) is 31.0 Å². The average Bonchev–Trinajstić information content (AvgIpc) is 2.87. The van der Waals surface area contributed by atoms with Crippen molar-refractivity contribution in [2.75, 3.05) is 7.11 Å². The van der Waals surface area contributed by atoms with Gasteiger partial charge < -0.3 is 9.15 Å². The quantitative estimate of drug-likeness (QED) is 0.619. The number of methoxy groups -OCH3 is 1. The molecule has 1 saturated carbocycles. The van der Waals surface area contributed by atoms with Crippen molar-refractivity contribution in [3.63, 3.8) is 0 Å². The Morgan fingerprint density at radius 3 is 2.78 bits per heavy atom. The zero-order chi connectivity index (χ0) is 13.0. The summed E-state index contributed by atoms with van der Waals surface area (Å²) >= 11 is 1.25. The zero-order valence-corrected chi connectivity index (χ0v) is 11.5. The monoisotopic (exact) mass is 270 g/mol. The van der Waals surface area contributed by atoms with Gasteiger partial charge in [0.1, 0.15) is 5.25 Å². The van der Waals surface area contributed by atoms with Crippen LogP contribution in [0.5, 0.6) is 0 Å². The van der Waals surface area contributed by atoms with Crippen LogP contribution in [-0.2, 0) is 9.53 Å². The highest BCUT2D eigenvalue weighted by molar-refractivity contribution is 8.00. The van der Waals surface area contributed by atoms with Gasteiger partial charge in [-0.3, -0.25) is 4.79 Å². The van der Waals surface area contributed by atoms with Gasteiger partial charge in [0.2, 0.25) is 5.89 Å². The van der Waals surface area contributed by atoms with Crippen molar-refractivity contribution in [1.29, 1.82) is 0 Å². The fourth-order valence-corrected chi connectivity index (χ4v) is 2.86. The Kier molecular flexibility index (Phi) is 4.63. The maximum atomic E-state index is 11.3. The van der Waals surface area contributed by atoms with Crippen molar-refractivity contribution in [2.45, 2.75) is 55.4 Å². The summed E-state index contributed by atoms with van der Waals surface area (Å²) in [4.78, 5) is 11.3. The van der Waals surface area contributed by atoms with Gasteiger partial charge >= 0.3 is 5.97 Å². The maximum Gasteiger partial charge on any atom is 0.319 e. The molecular formula is C12H18N2O3S. The van der Waals surface area contributed by atoms with Crippen LogP contribution in [0.4, 0.5) is 0 Å². The molecule has 0 amide bonds. The van der Waals surface area contributed by atoms with Gasteiger partial charge in [-0.2, -0.15) is 0 Å². The average molecular weight is 270 g/mol. The Morgan fingerprint density at radius 1 is 1.39 bits per heavy atom. The fourth-order valence-electron chi connectivity index (χ4n) is 2.15. The summed E-state index contributed by atoms with van der Waals surface area (Å²) in [5.74, 6) is 0.834. The number of ether oxygens (including phenoxy) is 1. The number of hydrogen-bond acceptors (Lipinski definition) is 6. The lowest BCUT2D eigenvalue weighted by molar-refractivity contribution is -0.139. The zero-order valence-electron chi connectivity index (χ0n) is 10.7. The molecule has 1 heterocycles. The second-order valence-corrected chi connectivity index (χ2v) is 5.82. The second-order valence-electron chi connectivity index (χ2n) is 4.52. The molecule has 0 radical (unpaired) electrons. The summed E-state index contributed by atoms with van der Waals surface area (Å²) in [7, 11) is 1.38. The molecule has 6 heteroatoms. The molecule has 1 aromatic heterocycles. The van der Waals surface area contributed by atoms with E-state index < -0.39 is 0 Å². The Balaban J connectivity index is 1.95. The molecule has 1 fully saturated rings. The van der Waals surface area contributed by atoms with Crippen molar-refractivity contribution in [3.8, 4) is 0 Å². The summed E-state index contributed by atoms with van der Waals surface area (Å²) < 4.78 is 10.3. The van der Waals surface area contributed by atoms with E-state index in [0.717, 1.165) is 12.8 Å². The summed E-state index contributed by atoms with van der Waals surface area (Å²) in [6.45, 7) is 1.76. The van der Waals surface area contributed by atoms with Gasteiger partial charge in [0.05, 0.1) is 7.11 Å². The molecule has 0 aliphatic heterocycles. The molecule has 0 N–H and O–H groups in total. The highest BCUT2D eigenvalue weighted by atomic mass is 32.2. The third kappa shape index (κ3) is 3.25. The van der Waals surface area contributed by atoms with Crippen LogP contribution in [0.3, 0.4) is 0 Å². The van der Waals surface area contributed by atoms with Gasteiger partial charge in [-0.05, 0) is 19.8 Å². The molecule has 100 valence electrons. The van der Waals surface area contributed by atoms with E-state index in [-0.39, 0.29) is 11.2 Å². The number of thioether (sulfide) groups is 1. The molecule has 0 aromatic carbocycles. The first-order valence-electron chi connectivity index (χ1n) is 6.28. The van der Waals surface area contributed by atoms with E-state index in [9.17, 15) is 4.79 Å². The molecule has 1 aromatic rings. The number of hydrogen-bond donors (Lipinski definition) is 0. The first kappa shape index (κ1) is 13.4. The molecule has 0 saturated heterocycles. The normalized spacial score (nSPS) is 18.6. The topological polar surface area (TPSA) is 65.2 Å². The van der Waals surface area contributed by atoms with Gasteiger partial charge in [-0.25, -0.2) is 0 Å². The van der Waals surface area contributed by atoms with Crippen LogP contribution in [-0.4, -0.2) is 28.5 Å². The molecule has 1 unspecified atom stereocenters. The summed E-state index contributed by atoms with van der Waals surface area (Å²) in [6.07, 6.45) is 6.01. The van der Waals surface area contributed by atoms with Crippen LogP contribution in [0, 0.1) is 0 Å². The maximum absolute atomic E-state index is 11.3. The minimum Gasteiger partial charge on any atom is -0.468 e. The molecule has 5 nitrogen and oxygen atoms in total. The van der Waals surface area contributed by atoms with Gasteiger partial charge in [-0.15, -0.1) is 10.2 Å². The van der Waals surface area contributed by atoms with Crippen LogP contribution in [0.15, 0.2) is 9.64 Å². The Hall–Kier alpha value is -1.04. The third-order valence-corrected chi connectivity index (χ3v) is 4.10. The number of rotatable bonds is 4. The highest BCUT2D eigenvalue weighted by Gasteiger charge is 2.23. The first-order valence-corrected chi connectivity index (χ1v) is 7.16. The fraction of sp³-hybridized carbons (Fsp3) is 0.750. The van der Waals surface area contributed by atoms with E-state index in [2.05, 4.69) is 14.9 Å². The predicted molar refractivity (Wildman–Crippen MR) is 67.5 cm³/mol. The Morgan fingerprint density at radius 2 is 2.11 bits per heavy atom. The smallest absolute Gasteiger partial charge is 0.319 e. The first-order chi connectivity index (χ1) is 8.70. The van der Waals surface area contributed by atoms with Crippen LogP contribution < -0.4 is 0 Å². The molecular weight excluding hydrogens is 252 g/mol. The van der Waals surface area contributed by atoms with Crippen LogP contribution >= 0.6 is 11.8 Å². The molecule has 1 aliphatic carbocycles. The lowest BCUT2D eigenvalue weighted by Crippen LogP contribution is -2.14. The van der Waals surface area contributed by atoms with E-state index in [0.29, 0.717) is 17.0 Å². The molecule has 0 bridgehead atoms. The summed E-state index contributed by atoms with van der Waals surface area (Å²) in [6, 6.07) is 0.